The minimum absolute atomic E-state index is 0.0513. The Labute approximate surface area is 109 Å². The number of hydrogen-bond acceptors (Lipinski definition) is 6. The molecule has 2 unspecified atom stereocenters. The summed E-state index contributed by atoms with van der Waals surface area (Å²) in [5.74, 6) is 0.900. The average Bonchev–Trinajstić information content (AvgIpc) is 2.96. The summed E-state index contributed by atoms with van der Waals surface area (Å²) in [4.78, 5) is 0. The third kappa shape index (κ3) is 3.08. The summed E-state index contributed by atoms with van der Waals surface area (Å²) in [6.45, 7) is 4.02. The van der Waals surface area contributed by atoms with E-state index in [1.54, 1.807) is 29.4 Å². The van der Waals surface area contributed by atoms with E-state index >= 15 is 0 Å². The molecule has 0 saturated carbocycles. The summed E-state index contributed by atoms with van der Waals surface area (Å²) in [7, 11) is 0. The van der Waals surface area contributed by atoms with Gasteiger partial charge < -0.3 is 10.2 Å². The monoisotopic (exact) mass is 269 g/mol. The molecule has 0 aliphatic heterocycles. The predicted molar refractivity (Wildman–Crippen MR) is 70.2 cm³/mol. The first-order valence-corrected chi connectivity index (χ1v) is 7.16. The lowest BCUT2D eigenvalue weighted by molar-refractivity contribution is 0.474. The largest absolute Gasteiger partial charge is 0.468 e. The smallest absolute Gasteiger partial charge is 0.175 e. The maximum Gasteiger partial charge on any atom is 0.175 e. The number of aryl methyl sites for hydroxylation is 1. The van der Waals surface area contributed by atoms with Crippen molar-refractivity contribution < 1.29 is 4.42 Å². The van der Waals surface area contributed by atoms with Gasteiger partial charge in [0, 0.05) is 6.04 Å². The van der Waals surface area contributed by atoms with Gasteiger partial charge in [-0.2, -0.15) is 0 Å². The van der Waals surface area contributed by atoms with Gasteiger partial charge in [-0.3, -0.25) is 0 Å². The number of rotatable bonds is 5. The molecule has 0 saturated heterocycles. The highest BCUT2D eigenvalue weighted by atomic mass is 32.2. The maximum absolute atomic E-state index is 6.14. The van der Waals surface area contributed by atoms with Gasteiger partial charge in [-0.05, 0) is 25.5 Å². The first-order chi connectivity index (χ1) is 8.20. The van der Waals surface area contributed by atoms with Crippen molar-refractivity contribution in [3.8, 4) is 0 Å². The number of nitrogens with two attached hydrogens (primary N) is 1. The molecule has 0 aromatic carbocycles. The molecule has 2 rings (SSSR count). The Morgan fingerprint density at radius 2 is 2.35 bits per heavy atom. The fourth-order valence-corrected chi connectivity index (χ4v) is 3.66. The lowest BCUT2D eigenvalue weighted by Crippen LogP contribution is -2.25. The van der Waals surface area contributed by atoms with Crippen molar-refractivity contribution in [2.45, 2.75) is 35.9 Å². The molecule has 0 fully saturated rings. The molecular weight excluding hydrogens is 254 g/mol. The third-order valence-corrected chi connectivity index (χ3v) is 4.71. The van der Waals surface area contributed by atoms with Crippen LogP contribution >= 0.6 is 23.1 Å². The van der Waals surface area contributed by atoms with Crippen LogP contribution in [0.3, 0.4) is 0 Å². The summed E-state index contributed by atoms with van der Waals surface area (Å²) >= 11 is 3.21. The quantitative estimate of drug-likeness (QED) is 0.845. The Balaban J connectivity index is 2.17. The molecular formula is C11H15N3OS2. The van der Waals surface area contributed by atoms with Gasteiger partial charge >= 0.3 is 0 Å². The van der Waals surface area contributed by atoms with E-state index in [2.05, 4.69) is 17.1 Å². The Bertz CT molecular complexity index is 455. The Morgan fingerprint density at radius 1 is 1.53 bits per heavy atom. The van der Waals surface area contributed by atoms with Crippen LogP contribution in [0.1, 0.15) is 29.4 Å². The second kappa shape index (κ2) is 5.66. The molecule has 2 aromatic heterocycles. The van der Waals surface area contributed by atoms with Crippen molar-refractivity contribution in [3.05, 3.63) is 29.2 Å². The summed E-state index contributed by atoms with van der Waals surface area (Å²) in [5.41, 5.74) is 6.14. The average molecular weight is 269 g/mol. The van der Waals surface area contributed by atoms with Crippen molar-refractivity contribution >= 4 is 23.1 Å². The summed E-state index contributed by atoms with van der Waals surface area (Å²) in [6, 6.07) is 3.90. The molecule has 0 aliphatic rings. The van der Waals surface area contributed by atoms with Crippen LogP contribution in [0.2, 0.25) is 0 Å². The highest BCUT2D eigenvalue weighted by Crippen LogP contribution is 2.39. The van der Waals surface area contributed by atoms with Gasteiger partial charge in [0.2, 0.25) is 0 Å². The van der Waals surface area contributed by atoms with E-state index in [0.717, 1.165) is 21.5 Å². The summed E-state index contributed by atoms with van der Waals surface area (Å²) < 4.78 is 6.39. The summed E-state index contributed by atoms with van der Waals surface area (Å²) in [5, 5.41) is 9.20. The van der Waals surface area contributed by atoms with Crippen LogP contribution in [-0.2, 0) is 0 Å². The van der Waals surface area contributed by atoms with Crippen LogP contribution < -0.4 is 5.73 Å². The van der Waals surface area contributed by atoms with Gasteiger partial charge in [-0.15, -0.1) is 10.2 Å². The lowest BCUT2D eigenvalue weighted by atomic mass is 10.1. The molecule has 17 heavy (non-hydrogen) atoms. The van der Waals surface area contributed by atoms with Gasteiger partial charge in [0.1, 0.15) is 10.8 Å². The zero-order chi connectivity index (χ0) is 12.3. The van der Waals surface area contributed by atoms with Crippen LogP contribution in [-0.4, -0.2) is 16.2 Å². The molecule has 4 nitrogen and oxygen atoms in total. The topological polar surface area (TPSA) is 64.9 Å². The van der Waals surface area contributed by atoms with E-state index in [1.165, 1.54) is 0 Å². The van der Waals surface area contributed by atoms with E-state index < -0.39 is 0 Å². The van der Waals surface area contributed by atoms with Crippen molar-refractivity contribution in [1.29, 1.82) is 0 Å². The number of thioether (sulfide) groups is 1. The molecule has 2 N–H and O–H groups in total. The maximum atomic E-state index is 6.14. The molecule has 2 heterocycles. The molecule has 0 radical (unpaired) electrons. The van der Waals surface area contributed by atoms with E-state index in [0.29, 0.717) is 0 Å². The van der Waals surface area contributed by atoms with E-state index in [-0.39, 0.29) is 11.3 Å². The first kappa shape index (κ1) is 12.6. The molecule has 0 aliphatic carbocycles. The van der Waals surface area contributed by atoms with E-state index in [1.807, 2.05) is 19.1 Å². The minimum atomic E-state index is 0.0513. The van der Waals surface area contributed by atoms with Gasteiger partial charge in [-0.25, -0.2) is 0 Å². The fourth-order valence-electron chi connectivity index (χ4n) is 1.46. The molecule has 2 atom stereocenters. The second-order valence-electron chi connectivity index (χ2n) is 3.71. The fraction of sp³-hybridized carbons (Fsp3) is 0.455. The van der Waals surface area contributed by atoms with Gasteiger partial charge in [0.05, 0.1) is 11.5 Å². The Morgan fingerprint density at radius 3 is 2.88 bits per heavy atom. The molecule has 0 bridgehead atoms. The van der Waals surface area contributed by atoms with Crippen molar-refractivity contribution in [2.24, 2.45) is 5.73 Å². The highest BCUT2D eigenvalue weighted by molar-refractivity contribution is 8.01. The second-order valence-corrected chi connectivity index (χ2v) is 6.28. The van der Waals surface area contributed by atoms with Gasteiger partial charge in [0.15, 0.2) is 4.34 Å². The summed E-state index contributed by atoms with van der Waals surface area (Å²) in [6.07, 6.45) is 2.58. The highest BCUT2D eigenvalue weighted by Gasteiger charge is 2.24. The van der Waals surface area contributed by atoms with Crippen molar-refractivity contribution in [3.63, 3.8) is 0 Å². The van der Waals surface area contributed by atoms with Crippen molar-refractivity contribution in [2.75, 3.05) is 0 Å². The van der Waals surface area contributed by atoms with Crippen LogP contribution in [0.4, 0.5) is 0 Å². The minimum Gasteiger partial charge on any atom is -0.468 e. The van der Waals surface area contributed by atoms with E-state index in [4.69, 9.17) is 10.2 Å². The molecule has 0 amide bonds. The van der Waals surface area contributed by atoms with Gasteiger partial charge in [0.25, 0.3) is 0 Å². The predicted octanol–water partition coefficient (Wildman–Crippen LogP) is 3.01. The van der Waals surface area contributed by atoms with Gasteiger partial charge in [-0.1, -0.05) is 30.0 Å². The van der Waals surface area contributed by atoms with E-state index in [9.17, 15) is 0 Å². The first-order valence-electron chi connectivity index (χ1n) is 5.46. The zero-order valence-corrected chi connectivity index (χ0v) is 11.4. The van der Waals surface area contributed by atoms with Crippen molar-refractivity contribution in [1.82, 2.24) is 10.2 Å². The molecule has 0 spiro atoms. The number of aromatic nitrogens is 2. The van der Waals surface area contributed by atoms with Crippen LogP contribution in [0.15, 0.2) is 27.2 Å². The number of hydrogen-bond donors (Lipinski definition) is 1. The number of furan rings is 1. The number of nitrogens with zero attached hydrogens (tertiary/aromatic N) is 2. The third-order valence-electron chi connectivity index (χ3n) is 2.42. The SMILES string of the molecule is CCC(N)C(Sc1nnc(C)s1)c1ccco1. The van der Waals surface area contributed by atoms with Crippen LogP contribution in [0.25, 0.3) is 0 Å². The lowest BCUT2D eigenvalue weighted by Gasteiger charge is -2.18. The van der Waals surface area contributed by atoms with Crippen LogP contribution in [0.5, 0.6) is 0 Å². The zero-order valence-electron chi connectivity index (χ0n) is 9.79. The molecule has 2 aromatic rings. The Hall–Kier alpha value is -0.850. The molecule has 6 heteroatoms. The van der Waals surface area contributed by atoms with Crippen LogP contribution in [0, 0.1) is 6.92 Å². The normalized spacial score (nSPS) is 14.8. The molecule has 92 valence electrons. The Kier molecular flexibility index (Phi) is 4.20. The standard InChI is InChI=1S/C11H15N3OS2/c1-3-8(12)10(9-5-4-6-15-9)17-11-14-13-7(2)16-11/h4-6,8,10H,3,12H2,1-2H3.